The molecule has 0 aliphatic heterocycles. The number of methoxy groups -OCH3 is 1. The molecule has 1 amide bonds. The zero-order valence-electron chi connectivity index (χ0n) is 11.3. The first kappa shape index (κ1) is 17.9. The Bertz CT molecular complexity index is 347. The van der Waals surface area contributed by atoms with Crippen LogP contribution in [-0.4, -0.2) is 26.2 Å². The largest absolute Gasteiger partial charge is 0.385 e. The van der Waals surface area contributed by atoms with Gasteiger partial charge in [0.25, 0.3) is 0 Å². The van der Waals surface area contributed by atoms with Gasteiger partial charge < -0.3 is 15.8 Å². The highest BCUT2D eigenvalue weighted by Gasteiger charge is 2.10. The zero-order valence-corrected chi connectivity index (χ0v) is 12.1. The summed E-state index contributed by atoms with van der Waals surface area (Å²) in [6.45, 7) is 1.42. The van der Waals surface area contributed by atoms with E-state index in [1.165, 1.54) is 0 Å². The number of benzene rings is 1. The first-order valence-electron chi connectivity index (χ1n) is 6.30. The molecule has 3 N–H and O–H groups in total. The molecule has 0 saturated heterocycles. The van der Waals surface area contributed by atoms with Gasteiger partial charge in [0, 0.05) is 32.7 Å². The molecule has 0 aliphatic rings. The van der Waals surface area contributed by atoms with Crippen molar-refractivity contribution in [3.05, 3.63) is 35.9 Å². The molecule has 0 aliphatic carbocycles. The number of nitrogens with one attached hydrogen (secondary N) is 1. The summed E-state index contributed by atoms with van der Waals surface area (Å²) >= 11 is 0. The Morgan fingerprint density at radius 1 is 1.32 bits per heavy atom. The maximum atomic E-state index is 11.6. The van der Waals surface area contributed by atoms with E-state index < -0.39 is 0 Å². The number of ether oxygens (including phenoxy) is 1. The van der Waals surface area contributed by atoms with E-state index in [1.54, 1.807) is 7.11 Å². The predicted molar refractivity (Wildman–Crippen MR) is 79.4 cm³/mol. The second kappa shape index (κ2) is 10.8. The van der Waals surface area contributed by atoms with Crippen molar-refractivity contribution >= 4 is 18.3 Å². The number of nitrogens with two attached hydrogens (primary N) is 1. The molecular formula is C14H23ClN2O2. The smallest absolute Gasteiger partial charge is 0.221 e. The summed E-state index contributed by atoms with van der Waals surface area (Å²) in [5.74, 6) is 0.00349. The normalized spacial score (nSPS) is 11.5. The quantitative estimate of drug-likeness (QED) is 0.719. The molecule has 19 heavy (non-hydrogen) atoms. The molecular weight excluding hydrogens is 264 g/mol. The van der Waals surface area contributed by atoms with Crippen LogP contribution in [0.3, 0.4) is 0 Å². The van der Waals surface area contributed by atoms with E-state index in [0.29, 0.717) is 13.0 Å². The van der Waals surface area contributed by atoms with Crippen LogP contribution in [0.15, 0.2) is 30.3 Å². The molecule has 4 nitrogen and oxygen atoms in total. The summed E-state index contributed by atoms with van der Waals surface area (Å²) in [5.41, 5.74) is 6.96. The molecule has 1 aromatic carbocycles. The van der Waals surface area contributed by atoms with Gasteiger partial charge in [0.1, 0.15) is 0 Å². The molecule has 0 fully saturated rings. The lowest BCUT2D eigenvalue weighted by molar-refractivity contribution is -0.121. The maximum absolute atomic E-state index is 11.6. The first-order valence-corrected chi connectivity index (χ1v) is 6.30. The average molecular weight is 287 g/mol. The highest BCUT2D eigenvalue weighted by atomic mass is 35.5. The second-order valence-electron chi connectivity index (χ2n) is 4.27. The van der Waals surface area contributed by atoms with Crippen molar-refractivity contribution in [2.75, 3.05) is 20.3 Å². The van der Waals surface area contributed by atoms with Gasteiger partial charge in [-0.15, -0.1) is 12.4 Å². The number of amides is 1. The van der Waals surface area contributed by atoms with Crippen LogP contribution in [0.2, 0.25) is 0 Å². The van der Waals surface area contributed by atoms with Crippen LogP contribution >= 0.6 is 12.4 Å². The number of hydrogen-bond donors (Lipinski definition) is 2. The van der Waals surface area contributed by atoms with Crippen LogP contribution in [0.4, 0.5) is 0 Å². The molecule has 1 unspecified atom stereocenters. The van der Waals surface area contributed by atoms with Crippen LogP contribution in [0.5, 0.6) is 0 Å². The van der Waals surface area contributed by atoms with Gasteiger partial charge >= 0.3 is 0 Å². The number of unbranched alkanes of at least 4 members (excludes halogenated alkanes) is 1. The summed E-state index contributed by atoms with van der Waals surface area (Å²) in [7, 11) is 1.68. The molecule has 5 heteroatoms. The molecule has 0 aromatic heterocycles. The van der Waals surface area contributed by atoms with E-state index in [2.05, 4.69) is 5.32 Å². The minimum absolute atomic E-state index is 0. The molecule has 0 heterocycles. The number of rotatable bonds is 8. The van der Waals surface area contributed by atoms with Crippen molar-refractivity contribution in [1.29, 1.82) is 0 Å². The Morgan fingerprint density at radius 2 is 2.00 bits per heavy atom. The van der Waals surface area contributed by atoms with Crippen molar-refractivity contribution < 1.29 is 9.53 Å². The highest BCUT2D eigenvalue weighted by molar-refractivity contribution is 5.85. The monoisotopic (exact) mass is 286 g/mol. The van der Waals surface area contributed by atoms with Gasteiger partial charge in [-0.2, -0.15) is 0 Å². The van der Waals surface area contributed by atoms with Crippen molar-refractivity contribution in [2.45, 2.75) is 25.3 Å². The van der Waals surface area contributed by atoms with E-state index in [0.717, 1.165) is 25.0 Å². The van der Waals surface area contributed by atoms with E-state index >= 15 is 0 Å². The number of halogens is 1. The van der Waals surface area contributed by atoms with E-state index in [9.17, 15) is 4.79 Å². The predicted octanol–water partition coefficient (Wildman–Crippen LogP) is 2.04. The Hall–Kier alpha value is -1.10. The third kappa shape index (κ3) is 7.82. The van der Waals surface area contributed by atoms with Crippen molar-refractivity contribution in [3.63, 3.8) is 0 Å². The van der Waals surface area contributed by atoms with Crippen LogP contribution in [0, 0.1) is 0 Å². The SMILES string of the molecule is COCCCCNC(=O)CC(N)c1ccccc1.Cl. The fourth-order valence-corrected chi connectivity index (χ4v) is 1.69. The minimum atomic E-state index is -0.231. The minimum Gasteiger partial charge on any atom is -0.385 e. The fourth-order valence-electron chi connectivity index (χ4n) is 1.69. The fraction of sp³-hybridized carbons (Fsp3) is 0.500. The molecule has 0 radical (unpaired) electrons. The summed E-state index contributed by atoms with van der Waals surface area (Å²) in [5, 5.41) is 2.87. The van der Waals surface area contributed by atoms with Gasteiger partial charge in [0.05, 0.1) is 0 Å². The summed E-state index contributed by atoms with van der Waals surface area (Å²) in [4.78, 5) is 11.6. The van der Waals surface area contributed by atoms with Crippen molar-refractivity contribution in [1.82, 2.24) is 5.32 Å². The molecule has 1 rings (SSSR count). The van der Waals surface area contributed by atoms with Crippen LogP contribution in [0.25, 0.3) is 0 Å². The summed E-state index contributed by atoms with van der Waals surface area (Å²) < 4.78 is 4.94. The summed E-state index contributed by atoms with van der Waals surface area (Å²) in [6, 6.07) is 9.44. The third-order valence-electron chi connectivity index (χ3n) is 2.73. The molecule has 1 aromatic rings. The summed E-state index contributed by atoms with van der Waals surface area (Å²) in [6.07, 6.45) is 2.22. The lowest BCUT2D eigenvalue weighted by Gasteiger charge is -2.12. The number of carbonyl (C=O) groups excluding carboxylic acids is 1. The molecule has 108 valence electrons. The van der Waals surface area contributed by atoms with Gasteiger partial charge in [0.15, 0.2) is 0 Å². The highest BCUT2D eigenvalue weighted by Crippen LogP contribution is 2.12. The number of hydrogen-bond acceptors (Lipinski definition) is 3. The Labute approximate surface area is 121 Å². The Balaban J connectivity index is 0.00000324. The van der Waals surface area contributed by atoms with Crippen molar-refractivity contribution in [2.24, 2.45) is 5.73 Å². The Morgan fingerprint density at radius 3 is 2.63 bits per heavy atom. The lowest BCUT2D eigenvalue weighted by Crippen LogP contribution is -2.28. The van der Waals surface area contributed by atoms with Gasteiger partial charge in [-0.1, -0.05) is 30.3 Å². The molecule has 0 saturated carbocycles. The van der Waals surface area contributed by atoms with E-state index in [4.69, 9.17) is 10.5 Å². The van der Waals surface area contributed by atoms with Gasteiger partial charge in [0.2, 0.25) is 5.91 Å². The topological polar surface area (TPSA) is 64.3 Å². The van der Waals surface area contributed by atoms with E-state index in [-0.39, 0.29) is 24.4 Å². The van der Waals surface area contributed by atoms with Gasteiger partial charge in [-0.05, 0) is 18.4 Å². The lowest BCUT2D eigenvalue weighted by atomic mass is 10.0. The first-order chi connectivity index (χ1) is 8.74. The van der Waals surface area contributed by atoms with E-state index in [1.807, 2.05) is 30.3 Å². The third-order valence-corrected chi connectivity index (χ3v) is 2.73. The van der Waals surface area contributed by atoms with Gasteiger partial charge in [-0.25, -0.2) is 0 Å². The maximum Gasteiger partial charge on any atom is 0.221 e. The van der Waals surface area contributed by atoms with Gasteiger partial charge in [-0.3, -0.25) is 4.79 Å². The second-order valence-corrected chi connectivity index (χ2v) is 4.27. The van der Waals surface area contributed by atoms with Crippen LogP contribution in [0.1, 0.15) is 30.9 Å². The van der Waals surface area contributed by atoms with Crippen molar-refractivity contribution in [3.8, 4) is 0 Å². The number of carbonyl (C=O) groups is 1. The van der Waals surface area contributed by atoms with Crippen LogP contribution in [-0.2, 0) is 9.53 Å². The molecule has 0 bridgehead atoms. The molecule has 1 atom stereocenters. The Kier molecular flexibility index (Phi) is 10.2. The van der Waals surface area contributed by atoms with Crippen LogP contribution < -0.4 is 11.1 Å². The average Bonchev–Trinajstić information content (AvgIpc) is 2.39. The standard InChI is InChI=1S/C14H22N2O2.ClH/c1-18-10-6-5-9-16-14(17)11-13(15)12-7-3-2-4-8-12;/h2-4,7-8,13H,5-6,9-11,15H2,1H3,(H,16,17);1H. The zero-order chi connectivity index (χ0) is 13.2. The molecule has 0 spiro atoms.